The van der Waals surface area contributed by atoms with Crippen molar-refractivity contribution in [1.82, 2.24) is 4.90 Å². The van der Waals surface area contributed by atoms with E-state index < -0.39 is 0 Å². The highest BCUT2D eigenvalue weighted by Crippen LogP contribution is 2.21. The SMILES string of the molecule is CC[C@H](C(N)=O)N1CCC[C@@H](COc2ccccc2)C1. The first kappa shape index (κ1) is 14.9. The zero-order valence-electron chi connectivity index (χ0n) is 12.1. The van der Waals surface area contributed by atoms with E-state index in [-0.39, 0.29) is 11.9 Å². The molecule has 1 aromatic rings. The molecule has 0 radical (unpaired) electrons. The summed E-state index contributed by atoms with van der Waals surface area (Å²) in [5.74, 6) is 1.17. The Hall–Kier alpha value is -1.55. The van der Waals surface area contributed by atoms with Gasteiger partial charge in [0.2, 0.25) is 5.91 Å². The first-order valence-corrected chi connectivity index (χ1v) is 7.42. The van der Waals surface area contributed by atoms with Crippen LogP contribution in [0, 0.1) is 5.92 Å². The number of hydrogen-bond acceptors (Lipinski definition) is 3. The number of piperidine rings is 1. The standard InChI is InChI=1S/C16H24N2O2/c1-2-15(16(17)19)18-10-6-7-13(11-18)12-20-14-8-4-3-5-9-14/h3-5,8-9,13,15H,2,6-7,10-12H2,1H3,(H2,17,19)/t13-,15-/m1/s1. The molecule has 1 aliphatic rings. The summed E-state index contributed by atoms with van der Waals surface area (Å²) in [6, 6.07) is 9.74. The van der Waals surface area contributed by atoms with Gasteiger partial charge >= 0.3 is 0 Å². The van der Waals surface area contributed by atoms with E-state index in [1.54, 1.807) is 0 Å². The van der Waals surface area contributed by atoms with Gasteiger partial charge in [-0.05, 0) is 37.9 Å². The second-order valence-electron chi connectivity index (χ2n) is 5.45. The van der Waals surface area contributed by atoms with E-state index in [0.717, 1.165) is 38.1 Å². The number of carbonyl (C=O) groups is 1. The van der Waals surface area contributed by atoms with Crippen LogP contribution in [0.4, 0.5) is 0 Å². The van der Waals surface area contributed by atoms with Gasteiger partial charge < -0.3 is 10.5 Å². The van der Waals surface area contributed by atoms with Crippen LogP contribution < -0.4 is 10.5 Å². The summed E-state index contributed by atoms with van der Waals surface area (Å²) in [6.45, 7) is 4.58. The molecule has 1 aliphatic heterocycles. The van der Waals surface area contributed by atoms with Crippen LogP contribution in [-0.2, 0) is 4.79 Å². The van der Waals surface area contributed by atoms with Crippen molar-refractivity contribution in [2.75, 3.05) is 19.7 Å². The molecule has 2 N–H and O–H groups in total. The Balaban J connectivity index is 1.85. The number of primary amides is 1. The molecule has 2 rings (SSSR count). The predicted octanol–water partition coefficient (Wildman–Crippen LogP) is 2.04. The lowest BCUT2D eigenvalue weighted by atomic mass is 9.96. The molecule has 20 heavy (non-hydrogen) atoms. The van der Waals surface area contributed by atoms with E-state index in [0.29, 0.717) is 12.5 Å². The molecule has 0 unspecified atom stereocenters. The van der Waals surface area contributed by atoms with Gasteiger partial charge in [0, 0.05) is 12.5 Å². The number of ether oxygens (including phenoxy) is 1. The molecular formula is C16H24N2O2. The van der Waals surface area contributed by atoms with Crippen LogP contribution in [0.5, 0.6) is 5.75 Å². The topological polar surface area (TPSA) is 55.6 Å². The van der Waals surface area contributed by atoms with E-state index in [9.17, 15) is 4.79 Å². The van der Waals surface area contributed by atoms with E-state index in [1.807, 2.05) is 37.3 Å². The van der Waals surface area contributed by atoms with Crippen molar-refractivity contribution in [2.24, 2.45) is 11.7 Å². The number of nitrogens with two attached hydrogens (primary N) is 1. The predicted molar refractivity (Wildman–Crippen MR) is 79.5 cm³/mol. The third-order valence-corrected chi connectivity index (χ3v) is 3.94. The second-order valence-corrected chi connectivity index (χ2v) is 5.45. The third-order valence-electron chi connectivity index (χ3n) is 3.94. The maximum Gasteiger partial charge on any atom is 0.234 e. The van der Waals surface area contributed by atoms with Crippen molar-refractivity contribution >= 4 is 5.91 Å². The molecule has 0 bridgehead atoms. The summed E-state index contributed by atoms with van der Waals surface area (Å²) >= 11 is 0. The van der Waals surface area contributed by atoms with Gasteiger partial charge in [0.25, 0.3) is 0 Å². The third kappa shape index (κ3) is 3.97. The summed E-state index contributed by atoms with van der Waals surface area (Å²) in [6.07, 6.45) is 3.03. The molecule has 1 amide bonds. The van der Waals surface area contributed by atoms with Crippen molar-refractivity contribution in [2.45, 2.75) is 32.2 Å². The molecule has 110 valence electrons. The summed E-state index contributed by atoms with van der Waals surface area (Å²) in [7, 11) is 0. The molecule has 2 atom stereocenters. The minimum Gasteiger partial charge on any atom is -0.493 e. The molecule has 0 saturated carbocycles. The molecule has 1 fully saturated rings. The minimum absolute atomic E-state index is 0.130. The minimum atomic E-state index is -0.211. The van der Waals surface area contributed by atoms with Crippen LogP contribution >= 0.6 is 0 Å². The van der Waals surface area contributed by atoms with Gasteiger partial charge in [0.15, 0.2) is 0 Å². The fourth-order valence-electron chi connectivity index (χ4n) is 2.89. The van der Waals surface area contributed by atoms with Gasteiger partial charge in [-0.3, -0.25) is 9.69 Å². The van der Waals surface area contributed by atoms with E-state index in [2.05, 4.69) is 4.90 Å². The molecule has 0 aromatic heterocycles. The lowest BCUT2D eigenvalue weighted by molar-refractivity contribution is -0.124. The monoisotopic (exact) mass is 276 g/mol. The Kier molecular flexibility index (Phi) is 5.41. The highest BCUT2D eigenvalue weighted by atomic mass is 16.5. The molecule has 4 heteroatoms. The number of nitrogens with zero attached hydrogens (tertiary/aromatic N) is 1. The highest BCUT2D eigenvalue weighted by Gasteiger charge is 2.28. The van der Waals surface area contributed by atoms with Crippen LogP contribution in [0.25, 0.3) is 0 Å². The Labute approximate surface area is 120 Å². The summed E-state index contributed by atoms with van der Waals surface area (Å²) < 4.78 is 5.82. The number of para-hydroxylation sites is 1. The van der Waals surface area contributed by atoms with Gasteiger partial charge in [-0.15, -0.1) is 0 Å². The van der Waals surface area contributed by atoms with Crippen LogP contribution in [0.3, 0.4) is 0 Å². The highest BCUT2D eigenvalue weighted by molar-refractivity contribution is 5.79. The van der Waals surface area contributed by atoms with Crippen molar-refractivity contribution in [3.63, 3.8) is 0 Å². The van der Waals surface area contributed by atoms with Gasteiger partial charge in [-0.1, -0.05) is 25.1 Å². The average molecular weight is 276 g/mol. The molecule has 1 aromatic carbocycles. The summed E-state index contributed by atoms with van der Waals surface area (Å²) in [5, 5.41) is 0. The van der Waals surface area contributed by atoms with Crippen molar-refractivity contribution < 1.29 is 9.53 Å². The Bertz CT molecular complexity index is 422. The van der Waals surface area contributed by atoms with Gasteiger partial charge in [0.1, 0.15) is 5.75 Å². The molecular weight excluding hydrogens is 252 g/mol. The summed E-state index contributed by atoms with van der Waals surface area (Å²) in [4.78, 5) is 13.7. The Morgan fingerprint density at radius 3 is 2.85 bits per heavy atom. The average Bonchev–Trinajstić information content (AvgIpc) is 2.47. The smallest absolute Gasteiger partial charge is 0.234 e. The number of rotatable bonds is 6. The van der Waals surface area contributed by atoms with Crippen LogP contribution in [0.1, 0.15) is 26.2 Å². The zero-order chi connectivity index (χ0) is 14.4. The fraction of sp³-hybridized carbons (Fsp3) is 0.562. The van der Waals surface area contributed by atoms with Gasteiger partial charge in [-0.25, -0.2) is 0 Å². The zero-order valence-corrected chi connectivity index (χ0v) is 12.1. The maximum atomic E-state index is 11.5. The fourth-order valence-corrected chi connectivity index (χ4v) is 2.89. The van der Waals surface area contributed by atoms with Crippen molar-refractivity contribution in [3.05, 3.63) is 30.3 Å². The normalized spacial score (nSPS) is 21.4. The van der Waals surface area contributed by atoms with E-state index in [4.69, 9.17) is 10.5 Å². The van der Waals surface area contributed by atoms with Gasteiger partial charge in [-0.2, -0.15) is 0 Å². The molecule has 0 spiro atoms. The Morgan fingerprint density at radius 2 is 2.20 bits per heavy atom. The Morgan fingerprint density at radius 1 is 1.45 bits per heavy atom. The van der Waals surface area contributed by atoms with Crippen molar-refractivity contribution in [1.29, 1.82) is 0 Å². The van der Waals surface area contributed by atoms with Crippen LogP contribution in [-0.4, -0.2) is 36.5 Å². The van der Waals surface area contributed by atoms with E-state index >= 15 is 0 Å². The largest absolute Gasteiger partial charge is 0.493 e. The lowest BCUT2D eigenvalue weighted by Crippen LogP contribution is -2.49. The maximum absolute atomic E-state index is 11.5. The molecule has 1 saturated heterocycles. The molecule has 1 heterocycles. The second kappa shape index (κ2) is 7.29. The molecule has 0 aliphatic carbocycles. The number of benzene rings is 1. The van der Waals surface area contributed by atoms with Gasteiger partial charge in [0.05, 0.1) is 12.6 Å². The quantitative estimate of drug-likeness (QED) is 0.865. The van der Waals surface area contributed by atoms with Crippen LogP contribution in [0.2, 0.25) is 0 Å². The molecule has 4 nitrogen and oxygen atoms in total. The summed E-state index contributed by atoms with van der Waals surface area (Å²) in [5.41, 5.74) is 5.48. The van der Waals surface area contributed by atoms with Crippen molar-refractivity contribution in [3.8, 4) is 5.75 Å². The number of carbonyl (C=O) groups excluding carboxylic acids is 1. The first-order chi connectivity index (χ1) is 9.70. The lowest BCUT2D eigenvalue weighted by Gasteiger charge is -2.36. The van der Waals surface area contributed by atoms with E-state index in [1.165, 1.54) is 0 Å². The first-order valence-electron chi connectivity index (χ1n) is 7.42. The number of likely N-dealkylation sites (tertiary alicyclic amines) is 1. The van der Waals surface area contributed by atoms with Crippen LogP contribution in [0.15, 0.2) is 30.3 Å². The number of amides is 1. The number of hydrogen-bond donors (Lipinski definition) is 1.